The number of esters is 1. The van der Waals surface area contributed by atoms with Gasteiger partial charge in [-0.2, -0.15) is 0 Å². The number of hydrogen-bond donors (Lipinski definition) is 1. The molecule has 6 heteroatoms. The lowest BCUT2D eigenvalue weighted by Gasteiger charge is -2.27. The first-order chi connectivity index (χ1) is 9.95. The van der Waals surface area contributed by atoms with E-state index in [1.54, 1.807) is 13.8 Å². The largest absolute Gasteiger partial charge is 0.463 e. The summed E-state index contributed by atoms with van der Waals surface area (Å²) in [4.78, 5) is 23.9. The Morgan fingerprint density at radius 2 is 2.24 bits per heavy atom. The Balaban J connectivity index is 2.55. The van der Waals surface area contributed by atoms with Gasteiger partial charge in [0.25, 0.3) is 0 Å². The van der Waals surface area contributed by atoms with Crippen LogP contribution in [0.3, 0.4) is 0 Å². The number of nitrogens with one attached hydrogen (secondary N) is 1. The summed E-state index contributed by atoms with van der Waals surface area (Å²) >= 11 is 6.06. The molecule has 0 saturated heterocycles. The number of amides is 1. The molecular weight excluding hydrogens is 297 g/mol. The summed E-state index contributed by atoms with van der Waals surface area (Å²) in [7, 11) is 0. The second kappa shape index (κ2) is 6.26. The number of benzene rings is 1. The van der Waals surface area contributed by atoms with Crippen LogP contribution in [0.25, 0.3) is 0 Å². The van der Waals surface area contributed by atoms with Gasteiger partial charge in [-0.25, -0.2) is 9.18 Å². The predicted molar refractivity (Wildman–Crippen MR) is 76.2 cm³/mol. The maximum absolute atomic E-state index is 14.1. The number of rotatable bonds is 3. The molecule has 0 radical (unpaired) electrons. The zero-order valence-corrected chi connectivity index (χ0v) is 12.5. The van der Waals surface area contributed by atoms with Gasteiger partial charge in [-0.15, -0.1) is 0 Å². The summed E-state index contributed by atoms with van der Waals surface area (Å²) in [5, 5.41) is 2.77. The summed E-state index contributed by atoms with van der Waals surface area (Å²) < 4.78 is 19.1. The first-order valence-corrected chi connectivity index (χ1v) is 6.95. The molecule has 0 unspecified atom stereocenters. The molecule has 1 aromatic rings. The third kappa shape index (κ3) is 3.08. The van der Waals surface area contributed by atoms with E-state index in [0.717, 1.165) is 0 Å². The maximum Gasteiger partial charge on any atom is 0.336 e. The zero-order valence-electron chi connectivity index (χ0n) is 11.7. The highest BCUT2D eigenvalue weighted by Gasteiger charge is 2.35. The summed E-state index contributed by atoms with van der Waals surface area (Å²) in [6.45, 7) is 3.46. The van der Waals surface area contributed by atoms with E-state index in [1.165, 1.54) is 18.2 Å². The molecule has 0 bridgehead atoms. The van der Waals surface area contributed by atoms with Crippen LogP contribution in [-0.2, 0) is 14.3 Å². The SMILES string of the molecule is CCOC(=O)C1=C(C)NC(=O)C[C@H]1c1c(F)cccc1Cl. The molecule has 0 fully saturated rings. The Hall–Kier alpha value is -1.88. The van der Waals surface area contributed by atoms with Crippen LogP contribution in [0.15, 0.2) is 29.5 Å². The molecule has 2 rings (SSSR count). The first-order valence-electron chi connectivity index (χ1n) is 6.57. The quantitative estimate of drug-likeness (QED) is 0.873. The second-order valence-electron chi connectivity index (χ2n) is 4.70. The van der Waals surface area contributed by atoms with Gasteiger partial charge in [0.1, 0.15) is 5.82 Å². The molecule has 1 atom stereocenters. The van der Waals surface area contributed by atoms with Crippen molar-refractivity contribution in [2.45, 2.75) is 26.2 Å². The maximum atomic E-state index is 14.1. The first kappa shape index (κ1) is 15.5. The fourth-order valence-corrected chi connectivity index (χ4v) is 2.77. The van der Waals surface area contributed by atoms with E-state index in [0.29, 0.717) is 5.70 Å². The van der Waals surface area contributed by atoms with E-state index >= 15 is 0 Å². The Labute approximate surface area is 126 Å². The van der Waals surface area contributed by atoms with Crippen molar-refractivity contribution < 1.29 is 18.7 Å². The minimum Gasteiger partial charge on any atom is -0.463 e. The summed E-state index contributed by atoms with van der Waals surface area (Å²) in [6, 6.07) is 4.26. The van der Waals surface area contributed by atoms with Gasteiger partial charge in [-0.3, -0.25) is 4.79 Å². The lowest BCUT2D eigenvalue weighted by molar-refractivity contribution is -0.139. The number of ether oxygens (including phenoxy) is 1. The molecule has 1 N–H and O–H groups in total. The molecule has 1 aromatic carbocycles. The highest BCUT2D eigenvalue weighted by atomic mass is 35.5. The third-order valence-electron chi connectivity index (χ3n) is 3.31. The Bertz CT molecular complexity index is 607. The van der Waals surface area contributed by atoms with Crippen LogP contribution in [0.1, 0.15) is 31.7 Å². The molecule has 1 aliphatic rings. The fraction of sp³-hybridized carbons (Fsp3) is 0.333. The number of halogens is 2. The highest BCUT2D eigenvalue weighted by molar-refractivity contribution is 6.31. The average Bonchev–Trinajstić information content (AvgIpc) is 2.37. The van der Waals surface area contributed by atoms with Gasteiger partial charge >= 0.3 is 5.97 Å². The summed E-state index contributed by atoms with van der Waals surface area (Å²) in [6.07, 6.45) is -0.0495. The van der Waals surface area contributed by atoms with Crippen molar-refractivity contribution in [2.24, 2.45) is 0 Å². The number of hydrogen-bond acceptors (Lipinski definition) is 3. The van der Waals surface area contributed by atoms with Crippen LogP contribution < -0.4 is 5.32 Å². The minimum absolute atomic E-state index is 0.0495. The highest BCUT2D eigenvalue weighted by Crippen LogP contribution is 2.38. The van der Waals surface area contributed by atoms with Crippen molar-refractivity contribution in [2.75, 3.05) is 6.61 Å². The van der Waals surface area contributed by atoms with Gasteiger partial charge in [0, 0.05) is 28.6 Å². The number of allylic oxidation sites excluding steroid dienone is 1. The third-order valence-corrected chi connectivity index (χ3v) is 3.64. The molecule has 0 saturated carbocycles. The van der Waals surface area contributed by atoms with Gasteiger partial charge in [0.05, 0.1) is 12.2 Å². The van der Waals surface area contributed by atoms with Crippen molar-refractivity contribution in [1.82, 2.24) is 5.32 Å². The molecule has 0 spiro atoms. The van der Waals surface area contributed by atoms with E-state index in [9.17, 15) is 14.0 Å². The Kier molecular flexibility index (Phi) is 4.63. The van der Waals surface area contributed by atoms with Gasteiger partial charge < -0.3 is 10.1 Å². The summed E-state index contributed by atoms with van der Waals surface area (Å²) in [5.74, 6) is -2.15. The van der Waals surface area contributed by atoms with E-state index in [2.05, 4.69) is 5.32 Å². The molecule has 4 nitrogen and oxygen atoms in total. The molecule has 112 valence electrons. The van der Waals surface area contributed by atoms with Gasteiger partial charge in [-0.1, -0.05) is 17.7 Å². The molecule has 21 heavy (non-hydrogen) atoms. The Morgan fingerprint density at radius 3 is 2.86 bits per heavy atom. The lowest BCUT2D eigenvalue weighted by atomic mass is 9.84. The van der Waals surface area contributed by atoms with Crippen molar-refractivity contribution >= 4 is 23.5 Å². The van der Waals surface area contributed by atoms with E-state index < -0.39 is 17.7 Å². The van der Waals surface area contributed by atoms with Crippen LogP contribution in [-0.4, -0.2) is 18.5 Å². The molecule has 1 amide bonds. The smallest absolute Gasteiger partial charge is 0.336 e. The lowest BCUT2D eigenvalue weighted by Crippen LogP contribution is -2.34. The van der Waals surface area contributed by atoms with Crippen LogP contribution in [0.4, 0.5) is 4.39 Å². The van der Waals surface area contributed by atoms with Crippen LogP contribution in [0.5, 0.6) is 0 Å². The van der Waals surface area contributed by atoms with Crippen molar-refractivity contribution in [3.8, 4) is 0 Å². The minimum atomic E-state index is -0.744. The van der Waals surface area contributed by atoms with Gasteiger partial charge in [-0.05, 0) is 26.0 Å². The topological polar surface area (TPSA) is 55.4 Å². The zero-order chi connectivity index (χ0) is 15.6. The molecule has 0 aromatic heterocycles. The average molecular weight is 312 g/mol. The number of carbonyl (C=O) groups is 2. The van der Waals surface area contributed by atoms with E-state index in [1.807, 2.05) is 0 Å². The van der Waals surface area contributed by atoms with Gasteiger partial charge in [0.15, 0.2) is 0 Å². The molecule has 0 aliphatic carbocycles. The van der Waals surface area contributed by atoms with Crippen LogP contribution >= 0.6 is 11.6 Å². The molecule has 1 aliphatic heterocycles. The van der Waals surface area contributed by atoms with Crippen molar-refractivity contribution in [1.29, 1.82) is 0 Å². The predicted octanol–water partition coefficient (Wildman–Crippen LogP) is 2.92. The van der Waals surface area contributed by atoms with Crippen LogP contribution in [0.2, 0.25) is 5.02 Å². The fourth-order valence-electron chi connectivity index (χ4n) is 2.47. The van der Waals surface area contributed by atoms with E-state index in [-0.39, 0.29) is 35.1 Å². The standard InChI is InChI=1S/C15H15ClFNO3/c1-3-21-15(20)13-8(2)18-12(19)7-9(13)14-10(16)5-4-6-11(14)17/h4-6,9H,3,7H2,1-2H3,(H,18,19)/t9-/m1/s1. The van der Waals surface area contributed by atoms with Crippen molar-refractivity contribution in [3.05, 3.63) is 45.9 Å². The van der Waals surface area contributed by atoms with Crippen molar-refractivity contribution in [3.63, 3.8) is 0 Å². The number of carbonyl (C=O) groups excluding carboxylic acids is 2. The second-order valence-corrected chi connectivity index (χ2v) is 5.11. The molecular formula is C15H15ClFNO3. The monoisotopic (exact) mass is 311 g/mol. The Morgan fingerprint density at radius 1 is 1.52 bits per heavy atom. The van der Waals surface area contributed by atoms with Crippen LogP contribution in [0, 0.1) is 5.82 Å². The molecule has 1 heterocycles. The van der Waals surface area contributed by atoms with E-state index in [4.69, 9.17) is 16.3 Å². The summed E-state index contributed by atoms with van der Waals surface area (Å²) in [5.41, 5.74) is 0.758. The van der Waals surface area contributed by atoms with Gasteiger partial charge in [0.2, 0.25) is 5.91 Å². The normalized spacial score (nSPS) is 18.5.